The van der Waals surface area contributed by atoms with Crippen LogP contribution in [0.15, 0.2) is 0 Å². The standard InChI is InChI=1S/C11H20N4S/c1-4-12-11-14-13-10(16-11)7-15(3)6-9-5-8(9)2/h8-9H,4-7H2,1-3H3,(H,12,14). The third-order valence-electron chi connectivity index (χ3n) is 3.02. The summed E-state index contributed by atoms with van der Waals surface area (Å²) in [5.74, 6) is 1.83. The molecule has 2 atom stereocenters. The Morgan fingerprint density at radius 1 is 1.50 bits per heavy atom. The van der Waals surface area contributed by atoms with Gasteiger partial charge in [-0.3, -0.25) is 4.90 Å². The van der Waals surface area contributed by atoms with Crippen molar-refractivity contribution < 1.29 is 0 Å². The molecule has 0 amide bonds. The van der Waals surface area contributed by atoms with Gasteiger partial charge in [-0.1, -0.05) is 18.3 Å². The van der Waals surface area contributed by atoms with Gasteiger partial charge in [0, 0.05) is 13.1 Å². The van der Waals surface area contributed by atoms with Crippen LogP contribution < -0.4 is 5.32 Å². The van der Waals surface area contributed by atoms with Gasteiger partial charge in [0.2, 0.25) is 5.13 Å². The van der Waals surface area contributed by atoms with Crippen molar-refractivity contribution in [2.45, 2.75) is 26.8 Å². The van der Waals surface area contributed by atoms with E-state index in [-0.39, 0.29) is 0 Å². The van der Waals surface area contributed by atoms with Crippen LogP contribution in [0.2, 0.25) is 0 Å². The predicted molar refractivity (Wildman–Crippen MR) is 67.7 cm³/mol. The number of anilines is 1. The molecule has 5 heteroatoms. The number of hydrogen-bond acceptors (Lipinski definition) is 5. The first-order valence-electron chi connectivity index (χ1n) is 5.93. The van der Waals surface area contributed by atoms with Gasteiger partial charge in [0.15, 0.2) is 0 Å². The summed E-state index contributed by atoms with van der Waals surface area (Å²) in [5, 5.41) is 13.5. The average molecular weight is 240 g/mol. The van der Waals surface area contributed by atoms with Crippen molar-refractivity contribution in [2.75, 3.05) is 25.5 Å². The molecular weight excluding hydrogens is 220 g/mol. The van der Waals surface area contributed by atoms with Crippen LogP contribution in [0.1, 0.15) is 25.3 Å². The maximum Gasteiger partial charge on any atom is 0.205 e. The van der Waals surface area contributed by atoms with E-state index in [4.69, 9.17) is 0 Å². The molecule has 0 bridgehead atoms. The minimum absolute atomic E-state index is 0.907. The predicted octanol–water partition coefficient (Wildman–Crippen LogP) is 2.06. The van der Waals surface area contributed by atoms with Gasteiger partial charge in [0.1, 0.15) is 5.01 Å². The topological polar surface area (TPSA) is 41.1 Å². The Morgan fingerprint density at radius 3 is 2.88 bits per heavy atom. The first-order valence-corrected chi connectivity index (χ1v) is 6.75. The number of rotatable bonds is 6. The van der Waals surface area contributed by atoms with Crippen LogP contribution in [0.25, 0.3) is 0 Å². The third-order valence-corrected chi connectivity index (χ3v) is 3.89. The molecule has 0 aliphatic heterocycles. The smallest absolute Gasteiger partial charge is 0.205 e. The third kappa shape index (κ3) is 3.15. The Hall–Kier alpha value is -0.680. The zero-order chi connectivity index (χ0) is 11.5. The molecular formula is C11H20N4S. The van der Waals surface area contributed by atoms with Crippen molar-refractivity contribution in [3.8, 4) is 0 Å². The highest BCUT2D eigenvalue weighted by Crippen LogP contribution is 2.38. The van der Waals surface area contributed by atoms with Crippen LogP contribution >= 0.6 is 11.3 Å². The van der Waals surface area contributed by atoms with Crippen molar-refractivity contribution in [1.29, 1.82) is 0 Å². The first kappa shape index (κ1) is 11.8. The van der Waals surface area contributed by atoms with E-state index in [2.05, 4.69) is 41.3 Å². The van der Waals surface area contributed by atoms with E-state index < -0.39 is 0 Å². The summed E-state index contributed by atoms with van der Waals surface area (Å²) in [6, 6.07) is 0. The van der Waals surface area contributed by atoms with E-state index in [0.29, 0.717) is 0 Å². The Kier molecular flexibility index (Phi) is 3.76. The molecule has 1 aliphatic rings. The van der Waals surface area contributed by atoms with Gasteiger partial charge in [0.25, 0.3) is 0 Å². The molecule has 0 saturated heterocycles. The van der Waals surface area contributed by atoms with E-state index in [1.54, 1.807) is 11.3 Å². The zero-order valence-corrected chi connectivity index (χ0v) is 11.0. The summed E-state index contributed by atoms with van der Waals surface area (Å²) >= 11 is 1.66. The highest BCUT2D eigenvalue weighted by Gasteiger charge is 2.33. The number of nitrogens with zero attached hydrogens (tertiary/aromatic N) is 3. The fraction of sp³-hybridized carbons (Fsp3) is 0.818. The SMILES string of the molecule is CCNc1nnc(CN(C)CC2CC2C)s1. The molecule has 16 heavy (non-hydrogen) atoms. The summed E-state index contributed by atoms with van der Waals surface area (Å²) in [6.45, 7) is 7.42. The lowest BCUT2D eigenvalue weighted by atomic mass is 10.3. The quantitative estimate of drug-likeness (QED) is 0.826. The summed E-state index contributed by atoms with van der Waals surface area (Å²) in [7, 11) is 2.17. The highest BCUT2D eigenvalue weighted by molar-refractivity contribution is 7.15. The van der Waals surface area contributed by atoms with E-state index >= 15 is 0 Å². The maximum atomic E-state index is 4.19. The van der Waals surface area contributed by atoms with Crippen LogP contribution in [0.5, 0.6) is 0 Å². The van der Waals surface area contributed by atoms with Crippen LogP contribution in [0.3, 0.4) is 0 Å². The van der Waals surface area contributed by atoms with Crippen molar-refractivity contribution in [3.05, 3.63) is 5.01 Å². The molecule has 0 radical (unpaired) electrons. The lowest BCUT2D eigenvalue weighted by Gasteiger charge is -2.13. The monoisotopic (exact) mass is 240 g/mol. The van der Waals surface area contributed by atoms with E-state index in [1.807, 2.05) is 0 Å². The molecule has 1 aromatic heterocycles. The summed E-state index contributed by atoms with van der Waals surface area (Å²) < 4.78 is 0. The summed E-state index contributed by atoms with van der Waals surface area (Å²) in [4.78, 5) is 2.35. The maximum absolute atomic E-state index is 4.19. The van der Waals surface area contributed by atoms with Crippen LogP contribution in [0, 0.1) is 11.8 Å². The Labute approximate surface area is 101 Å². The van der Waals surface area contributed by atoms with Crippen molar-refractivity contribution in [1.82, 2.24) is 15.1 Å². The van der Waals surface area contributed by atoms with Crippen molar-refractivity contribution in [3.63, 3.8) is 0 Å². The Balaban J connectivity index is 1.78. The fourth-order valence-corrected chi connectivity index (χ4v) is 2.78. The van der Waals surface area contributed by atoms with Crippen LogP contribution in [0.4, 0.5) is 5.13 Å². The van der Waals surface area contributed by atoms with Gasteiger partial charge in [-0.25, -0.2) is 0 Å². The molecule has 2 rings (SSSR count). The van der Waals surface area contributed by atoms with Crippen LogP contribution in [-0.4, -0.2) is 35.2 Å². The summed E-state index contributed by atoms with van der Waals surface area (Å²) in [5.41, 5.74) is 0. The molecule has 1 saturated carbocycles. The normalized spacial score (nSPS) is 23.8. The number of aromatic nitrogens is 2. The second-order valence-electron chi connectivity index (χ2n) is 4.70. The molecule has 1 N–H and O–H groups in total. The van der Waals surface area contributed by atoms with E-state index in [9.17, 15) is 0 Å². The second kappa shape index (κ2) is 5.10. The second-order valence-corrected chi connectivity index (χ2v) is 5.76. The van der Waals surface area contributed by atoms with Gasteiger partial charge in [-0.05, 0) is 32.2 Å². The molecule has 2 unspecified atom stereocenters. The Morgan fingerprint density at radius 2 is 2.25 bits per heavy atom. The lowest BCUT2D eigenvalue weighted by Crippen LogP contribution is -2.20. The van der Waals surface area contributed by atoms with Gasteiger partial charge in [-0.2, -0.15) is 0 Å². The van der Waals surface area contributed by atoms with Gasteiger partial charge < -0.3 is 5.32 Å². The van der Waals surface area contributed by atoms with Gasteiger partial charge >= 0.3 is 0 Å². The summed E-state index contributed by atoms with van der Waals surface area (Å²) in [6.07, 6.45) is 1.39. The minimum atomic E-state index is 0.907. The minimum Gasteiger partial charge on any atom is -0.360 e. The Bertz CT molecular complexity index is 338. The molecule has 1 aromatic rings. The molecule has 1 fully saturated rings. The molecule has 4 nitrogen and oxygen atoms in total. The van der Waals surface area contributed by atoms with Gasteiger partial charge in [-0.15, -0.1) is 10.2 Å². The number of nitrogens with one attached hydrogen (secondary N) is 1. The number of hydrogen-bond donors (Lipinski definition) is 1. The molecule has 1 aliphatic carbocycles. The fourth-order valence-electron chi connectivity index (χ4n) is 1.89. The van der Waals surface area contributed by atoms with Crippen LogP contribution in [-0.2, 0) is 6.54 Å². The molecule has 90 valence electrons. The van der Waals surface area contributed by atoms with Gasteiger partial charge in [0.05, 0.1) is 6.54 Å². The molecule has 1 heterocycles. The molecule has 0 aromatic carbocycles. The van der Waals surface area contributed by atoms with Crippen molar-refractivity contribution in [2.24, 2.45) is 11.8 Å². The van der Waals surface area contributed by atoms with E-state index in [0.717, 1.165) is 35.1 Å². The van der Waals surface area contributed by atoms with E-state index in [1.165, 1.54) is 13.0 Å². The average Bonchev–Trinajstić information content (AvgIpc) is 2.74. The van der Waals surface area contributed by atoms with Crippen molar-refractivity contribution >= 4 is 16.5 Å². The largest absolute Gasteiger partial charge is 0.360 e. The highest BCUT2D eigenvalue weighted by atomic mass is 32.1. The first-order chi connectivity index (χ1) is 7.69. The molecule has 0 spiro atoms. The lowest BCUT2D eigenvalue weighted by molar-refractivity contribution is 0.306. The zero-order valence-electron chi connectivity index (χ0n) is 10.2.